The molecule has 0 aromatic rings. The van der Waals surface area contributed by atoms with Crippen LogP contribution in [0.3, 0.4) is 0 Å². The molecule has 1 saturated heterocycles. The molecule has 1 heterocycles. The topological polar surface area (TPSA) is 20.3 Å². The van der Waals surface area contributed by atoms with Crippen molar-refractivity contribution in [1.82, 2.24) is 4.67 Å². The fourth-order valence-corrected chi connectivity index (χ4v) is 1.80. The third-order valence-electron chi connectivity index (χ3n) is 1.80. The van der Waals surface area contributed by atoms with Gasteiger partial charge >= 0.3 is 0 Å². The number of Topliss-reactive ketones (excluding diaryl/α,β-unsaturated/α-hetero) is 1. The van der Waals surface area contributed by atoms with E-state index in [0.717, 1.165) is 25.9 Å². The lowest BCUT2D eigenvalue weighted by atomic mass is 10.1. The van der Waals surface area contributed by atoms with Crippen LogP contribution in [0.4, 0.5) is 0 Å². The number of rotatable bonds is 0. The molecule has 0 radical (unpaired) electrons. The third-order valence-corrected chi connectivity index (χ3v) is 2.27. The van der Waals surface area contributed by atoms with E-state index in [1.54, 1.807) is 0 Å². The highest BCUT2D eigenvalue weighted by Crippen LogP contribution is 2.15. The molecule has 1 fully saturated rings. The van der Waals surface area contributed by atoms with E-state index >= 15 is 0 Å². The first-order valence-electron chi connectivity index (χ1n) is 3.70. The highest BCUT2D eigenvalue weighted by Gasteiger charge is 2.16. The first-order valence-corrected chi connectivity index (χ1v) is 4.21. The Balaban J connectivity index is 2.46. The molecule has 1 aliphatic heterocycles. The average Bonchev–Trinajstić information content (AvgIpc) is 1.93. The standard InChI is InChI=1S/C7H14NOP/c1-6-4-7(9)2-3-8(10)5-6/h6H,2-5,10H2,1H3. The molecule has 1 rings (SSSR count). The lowest BCUT2D eigenvalue weighted by Gasteiger charge is -2.14. The molecule has 0 bridgehead atoms. The molecule has 0 saturated carbocycles. The SMILES string of the molecule is CC1CC(=O)CCN(P)C1. The molecule has 0 aromatic carbocycles. The molecule has 0 aromatic heterocycles. The average molecular weight is 159 g/mol. The smallest absolute Gasteiger partial charge is 0.134 e. The van der Waals surface area contributed by atoms with Gasteiger partial charge in [0.15, 0.2) is 0 Å². The van der Waals surface area contributed by atoms with Gasteiger partial charge in [-0.2, -0.15) is 0 Å². The van der Waals surface area contributed by atoms with E-state index < -0.39 is 0 Å². The summed E-state index contributed by atoms with van der Waals surface area (Å²) in [6.45, 7) is 4.07. The third kappa shape index (κ3) is 2.36. The van der Waals surface area contributed by atoms with Gasteiger partial charge in [-0.15, -0.1) is 0 Å². The molecule has 2 unspecified atom stereocenters. The van der Waals surface area contributed by atoms with E-state index in [0.29, 0.717) is 11.7 Å². The van der Waals surface area contributed by atoms with Gasteiger partial charge in [-0.25, -0.2) is 0 Å². The van der Waals surface area contributed by atoms with Crippen molar-refractivity contribution in [3.63, 3.8) is 0 Å². The van der Waals surface area contributed by atoms with Crippen molar-refractivity contribution in [2.24, 2.45) is 5.92 Å². The lowest BCUT2D eigenvalue weighted by molar-refractivity contribution is -0.119. The van der Waals surface area contributed by atoms with E-state index in [1.165, 1.54) is 0 Å². The van der Waals surface area contributed by atoms with Crippen molar-refractivity contribution in [3.05, 3.63) is 0 Å². The van der Waals surface area contributed by atoms with Crippen molar-refractivity contribution in [3.8, 4) is 0 Å². The molecule has 1 aliphatic rings. The normalized spacial score (nSPS) is 30.2. The zero-order chi connectivity index (χ0) is 7.56. The van der Waals surface area contributed by atoms with E-state index in [4.69, 9.17) is 0 Å². The minimum atomic E-state index is 0.414. The maximum Gasteiger partial charge on any atom is 0.134 e. The van der Waals surface area contributed by atoms with E-state index in [9.17, 15) is 4.79 Å². The number of hydrogen-bond acceptors (Lipinski definition) is 2. The Morgan fingerprint density at radius 2 is 2.40 bits per heavy atom. The van der Waals surface area contributed by atoms with Crippen LogP contribution in [0, 0.1) is 5.92 Å². The van der Waals surface area contributed by atoms with Crippen molar-refractivity contribution >= 4 is 15.2 Å². The number of hydrogen-bond donors (Lipinski definition) is 0. The van der Waals surface area contributed by atoms with Crippen LogP contribution in [0.2, 0.25) is 0 Å². The second-order valence-corrected chi connectivity index (χ2v) is 3.82. The molecule has 0 N–H and O–H groups in total. The van der Waals surface area contributed by atoms with Crippen molar-refractivity contribution in [1.29, 1.82) is 0 Å². The first kappa shape index (κ1) is 8.16. The summed E-state index contributed by atoms with van der Waals surface area (Å²) in [7, 11) is 2.66. The lowest BCUT2D eigenvalue weighted by Crippen LogP contribution is -2.16. The summed E-state index contributed by atoms with van der Waals surface area (Å²) in [6, 6.07) is 0. The van der Waals surface area contributed by atoms with Crippen LogP contribution in [0.15, 0.2) is 0 Å². The van der Waals surface area contributed by atoms with Crippen LogP contribution in [-0.4, -0.2) is 23.5 Å². The number of nitrogens with zero attached hydrogens (tertiary/aromatic N) is 1. The van der Waals surface area contributed by atoms with Gasteiger partial charge < -0.3 is 0 Å². The molecule has 58 valence electrons. The van der Waals surface area contributed by atoms with E-state index in [1.807, 2.05) is 0 Å². The molecule has 0 amide bonds. The maximum absolute atomic E-state index is 11.0. The summed E-state index contributed by atoms with van der Waals surface area (Å²) < 4.78 is 2.15. The zero-order valence-electron chi connectivity index (χ0n) is 6.34. The van der Waals surface area contributed by atoms with Gasteiger partial charge in [-0.1, -0.05) is 16.3 Å². The van der Waals surface area contributed by atoms with Crippen LogP contribution in [0.25, 0.3) is 0 Å². The van der Waals surface area contributed by atoms with Crippen molar-refractivity contribution in [2.45, 2.75) is 19.8 Å². The second kappa shape index (κ2) is 3.45. The minimum absolute atomic E-state index is 0.414. The van der Waals surface area contributed by atoms with E-state index in [2.05, 4.69) is 21.0 Å². The largest absolute Gasteiger partial charge is 0.300 e. The molecular formula is C7H14NOP. The summed E-state index contributed by atoms with van der Waals surface area (Å²) in [4.78, 5) is 11.0. The molecule has 10 heavy (non-hydrogen) atoms. The second-order valence-electron chi connectivity index (χ2n) is 3.09. The number of carbonyl (C=O) groups is 1. The molecular weight excluding hydrogens is 145 g/mol. The maximum atomic E-state index is 11.0. The molecule has 3 heteroatoms. The predicted molar refractivity (Wildman–Crippen MR) is 44.7 cm³/mol. The van der Waals surface area contributed by atoms with Gasteiger partial charge in [-0.3, -0.25) is 9.46 Å². The summed E-state index contributed by atoms with van der Waals surface area (Å²) in [5.41, 5.74) is 0. The molecule has 2 nitrogen and oxygen atoms in total. The van der Waals surface area contributed by atoms with Crippen molar-refractivity contribution in [2.75, 3.05) is 13.1 Å². The number of carbonyl (C=O) groups excluding carboxylic acids is 1. The molecule has 2 atom stereocenters. The number of ketones is 1. The van der Waals surface area contributed by atoms with Gasteiger partial charge in [0.05, 0.1) is 0 Å². The van der Waals surface area contributed by atoms with Crippen LogP contribution in [0.5, 0.6) is 0 Å². The molecule has 0 spiro atoms. The van der Waals surface area contributed by atoms with Gasteiger partial charge in [0.25, 0.3) is 0 Å². The molecule has 0 aliphatic carbocycles. The fraction of sp³-hybridized carbons (Fsp3) is 0.857. The Morgan fingerprint density at radius 1 is 1.70 bits per heavy atom. The Morgan fingerprint density at radius 3 is 3.10 bits per heavy atom. The van der Waals surface area contributed by atoms with E-state index in [-0.39, 0.29) is 0 Å². The minimum Gasteiger partial charge on any atom is -0.300 e. The van der Waals surface area contributed by atoms with Gasteiger partial charge in [0.2, 0.25) is 0 Å². The Hall–Kier alpha value is 0.0600. The van der Waals surface area contributed by atoms with Gasteiger partial charge in [0, 0.05) is 25.9 Å². The highest BCUT2D eigenvalue weighted by molar-refractivity contribution is 7.13. The first-order chi connectivity index (χ1) is 4.68. The van der Waals surface area contributed by atoms with Crippen LogP contribution in [0.1, 0.15) is 19.8 Å². The summed E-state index contributed by atoms with van der Waals surface area (Å²) >= 11 is 0. The summed E-state index contributed by atoms with van der Waals surface area (Å²) in [5.74, 6) is 0.949. The predicted octanol–water partition coefficient (Wildman–Crippen LogP) is 1.08. The highest BCUT2D eigenvalue weighted by atomic mass is 31.0. The Kier molecular flexibility index (Phi) is 2.82. The fourth-order valence-electron chi connectivity index (χ4n) is 1.32. The van der Waals surface area contributed by atoms with Crippen LogP contribution >= 0.6 is 9.39 Å². The summed E-state index contributed by atoms with van der Waals surface area (Å²) in [5, 5.41) is 0. The van der Waals surface area contributed by atoms with Gasteiger partial charge in [0.1, 0.15) is 5.78 Å². The van der Waals surface area contributed by atoms with Crippen LogP contribution in [-0.2, 0) is 4.79 Å². The van der Waals surface area contributed by atoms with Crippen molar-refractivity contribution < 1.29 is 4.79 Å². The summed E-state index contributed by atoms with van der Waals surface area (Å²) in [6.07, 6.45) is 1.50. The van der Waals surface area contributed by atoms with Gasteiger partial charge in [-0.05, 0) is 5.92 Å². The Bertz CT molecular complexity index is 138. The Labute approximate surface area is 64.2 Å². The zero-order valence-corrected chi connectivity index (χ0v) is 7.49. The monoisotopic (exact) mass is 159 g/mol. The van der Waals surface area contributed by atoms with Crippen LogP contribution < -0.4 is 0 Å². The quantitative estimate of drug-likeness (QED) is 0.493.